The molecule has 2 aromatic rings. The molecule has 0 radical (unpaired) electrons. The first-order valence-corrected chi connectivity index (χ1v) is 8.99. The van der Waals surface area contributed by atoms with Crippen molar-refractivity contribution in [3.63, 3.8) is 0 Å². The van der Waals surface area contributed by atoms with Crippen LogP contribution < -0.4 is 15.8 Å². The third-order valence-electron chi connectivity index (χ3n) is 5.17. The van der Waals surface area contributed by atoms with Crippen LogP contribution in [0, 0.1) is 6.92 Å². The summed E-state index contributed by atoms with van der Waals surface area (Å²) in [7, 11) is 0. The van der Waals surface area contributed by atoms with Crippen molar-refractivity contribution >= 4 is 16.5 Å². The van der Waals surface area contributed by atoms with Crippen LogP contribution >= 0.6 is 0 Å². The number of anilines is 1. The highest BCUT2D eigenvalue weighted by Crippen LogP contribution is 2.22. The second kappa shape index (κ2) is 7.11. The van der Waals surface area contributed by atoms with Crippen molar-refractivity contribution in [3.05, 3.63) is 34.2 Å². The second-order valence-corrected chi connectivity index (χ2v) is 6.85. The zero-order valence-corrected chi connectivity index (χ0v) is 14.6. The molecule has 2 saturated heterocycles. The number of aromatic nitrogens is 2. The predicted octanol–water partition coefficient (Wildman–Crippen LogP) is 0.342. The summed E-state index contributed by atoms with van der Waals surface area (Å²) in [5.41, 5.74) is 1.90. The summed E-state index contributed by atoms with van der Waals surface area (Å²) in [4.78, 5) is 16.8. The summed E-state index contributed by atoms with van der Waals surface area (Å²) in [5, 5.41) is 11.7. The number of ether oxygens (including phenoxy) is 1. The van der Waals surface area contributed by atoms with Gasteiger partial charge < -0.3 is 15.0 Å². The predicted molar refractivity (Wildman–Crippen MR) is 98.4 cm³/mol. The van der Waals surface area contributed by atoms with E-state index < -0.39 is 0 Å². The average molecular weight is 343 g/mol. The van der Waals surface area contributed by atoms with Gasteiger partial charge in [-0.3, -0.25) is 9.69 Å². The van der Waals surface area contributed by atoms with E-state index >= 15 is 0 Å². The molecule has 2 aliphatic heterocycles. The van der Waals surface area contributed by atoms with E-state index in [9.17, 15) is 4.79 Å². The van der Waals surface area contributed by atoms with Gasteiger partial charge in [0.15, 0.2) is 0 Å². The molecule has 0 amide bonds. The van der Waals surface area contributed by atoms with Gasteiger partial charge in [-0.15, -0.1) is 0 Å². The van der Waals surface area contributed by atoms with E-state index in [0.717, 1.165) is 63.5 Å². The minimum absolute atomic E-state index is 0.127. The number of fused-ring (bicyclic) bond motifs is 1. The quantitative estimate of drug-likeness (QED) is 0.837. The van der Waals surface area contributed by atoms with Crippen molar-refractivity contribution in [2.75, 3.05) is 57.3 Å². The molecule has 0 bridgehead atoms. The number of nitrogens with one attached hydrogen (secondary N) is 2. The zero-order chi connectivity index (χ0) is 17.2. The van der Waals surface area contributed by atoms with E-state index in [1.807, 2.05) is 19.1 Å². The summed E-state index contributed by atoms with van der Waals surface area (Å²) in [6.07, 6.45) is 0.307. The van der Waals surface area contributed by atoms with E-state index in [-0.39, 0.29) is 5.56 Å². The maximum atomic E-state index is 11.9. The molecular formula is C18H25N5O2. The number of piperazine rings is 1. The summed E-state index contributed by atoms with van der Waals surface area (Å²) < 4.78 is 5.81. The van der Waals surface area contributed by atoms with Gasteiger partial charge in [0.25, 0.3) is 5.56 Å². The van der Waals surface area contributed by atoms with Gasteiger partial charge in [0.1, 0.15) is 0 Å². The van der Waals surface area contributed by atoms with Crippen LogP contribution in [-0.2, 0) is 4.74 Å². The number of hydrogen-bond donors (Lipinski definition) is 2. The molecule has 7 nitrogen and oxygen atoms in total. The summed E-state index contributed by atoms with van der Waals surface area (Å²) in [6.45, 7) is 9.69. The lowest BCUT2D eigenvalue weighted by Crippen LogP contribution is -2.51. The van der Waals surface area contributed by atoms with Crippen molar-refractivity contribution in [1.82, 2.24) is 20.4 Å². The van der Waals surface area contributed by atoms with E-state index in [1.54, 1.807) is 0 Å². The number of hydrogen-bond acceptors (Lipinski definition) is 6. The Labute approximate surface area is 147 Å². The largest absolute Gasteiger partial charge is 0.374 e. The van der Waals surface area contributed by atoms with Gasteiger partial charge in [-0.25, -0.2) is 5.10 Å². The average Bonchev–Trinajstić information content (AvgIpc) is 2.66. The van der Waals surface area contributed by atoms with Crippen LogP contribution in [0.25, 0.3) is 10.8 Å². The van der Waals surface area contributed by atoms with Crippen molar-refractivity contribution < 1.29 is 4.74 Å². The Bertz CT molecular complexity index is 792. The van der Waals surface area contributed by atoms with Crippen molar-refractivity contribution in [2.24, 2.45) is 0 Å². The van der Waals surface area contributed by atoms with Gasteiger partial charge in [0.2, 0.25) is 0 Å². The normalized spacial score (nSPS) is 22.4. The zero-order valence-electron chi connectivity index (χ0n) is 14.6. The van der Waals surface area contributed by atoms with Crippen molar-refractivity contribution in [1.29, 1.82) is 0 Å². The topological polar surface area (TPSA) is 73.5 Å². The van der Waals surface area contributed by atoms with Crippen LogP contribution in [0.2, 0.25) is 0 Å². The molecule has 0 spiro atoms. The molecule has 2 fully saturated rings. The van der Waals surface area contributed by atoms with Gasteiger partial charge in [0, 0.05) is 56.9 Å². The lowest BCUT2D eigenvalue weighted by molar-refractivity contribution is 0.00465. The fourth-order valence-electron chi connectivity index (χ4n) is 3.69. The lowest BCUT2D eigenvalue weighted by atomic mass is 10.1. The third kappa shape index (κ3) is 3.53. The van der Waals surface area contributed by atoms with Crippen molar-refractivity contribution in [3.8, 4) is 0 Å². The number of morpholine rings is 1. The number of aryl methyl sites for hydroxylation is 1. The molecule has 2 N–H and O–H groups in total. The first-order valence-electron chi connectivity index (χ1n) is 8.99. The molecule has 134 valence electrons. The van der Waals surface area contributed by atoms with Crippen molar-refractivity contribution in [2.45, 2.75) is 13.0 Å². The number of nitrogens with zero attached hydrogens (tertiary/aromatic N) is 3. The van der Waals surface area contributed by atoms with E-state index in [0.29, 0.717) is 11.5 Å². The van der Waals surface area contributed by atoms with Gasteiger partial charge in [-0.2, -0.15) is 5.10 Å². The molecular weight excluding hydrogens is 318 g/mol. The van der Waals surface area contributed by atoms with E-state index in [4.69, 9.17) is 4.74 Å². The Hall–Kier alpha value is -1.96. The Morgan fingerprint density at radius 2 is 2.08 bits per heavy atom. The van der Waals surface area contributed by atoms with E-state index in [1.165, 1.54) is 5.69 Å². The Morgan fingerprint density at radius 1 is 1.24 bits per heavy atom. The Kier molecular flexibility index (Phi) is 4.70. The second-order valence-electron chi connectivity index (χ2n) is 6.85. The van der Waals surface area contributed by atoms with Crippen LogP contribution in [0.5, 0.6) is 0 Å². The molecule has 3 heterocycles. The molecule has 4 rings (SSSR count). The standard InChI is InChI=1S/C18H25N5O2/c1-13-17-10-14(2-3-16(17)18(24)21-20-13)23-7-5-22(6-8-23)12-15-11-19-4-9-25-15/h2-3,10,15,19H,4-9,11-12H2,1H3,(H,21,24)/t15-/m0/s1. The highest BCUT2D eigenvalue weighted by molar-refractivity contribution is 5.86. The monoisotopic (exact) mass is 343 g/mol. The maximum absolute atomic E-state index is 11.9. The molecule has 7 heteroatoms. The molecule has 0 aliphatic carbocycles. The third-order valence-corrected chi connectivity index (χ3v) is 5.17. The molecule has 1 atom stereocenters. The summed E-state index contributed by atoms with van der Waals surface area (Å²) in [6, 6.07) is 6.05. The van der Waals surface area contributed by atoms with Gasteiger partial charge in [0.05, 0.1) is 23.8 Å². The fraction of sp³-hybridized carbons (Fsp3) is 0.556. The molecule has 1 aromatic carbocycles. The van der Waals surface area contributed by atoms with Gasteiger partial charge in [-0.05, 0) is 25.1 Å². The number of benzene rings is 1. The molecule has 25 heavy (non-hydrogen) atoms. The fourth-order valence-corrected chi connectivity index (χ4v) is 3.69. The van der Waals surface area contributed by atoms with Crippen LogP contribution in [0.4, 0.5) is 5.69 Å². The first-order chi connectivity index (χ1) is 12.2. The smallest absolute Gasteiger partial charge is 0.272 e. The molecule has 0 unspecified atom stereocenters. The van der Waals surface area contributed by atoms with Gasteiger partial charge >= 0.3 is 0 Å². The SMILES string of the molecule is Cc1n[nH]c(=O)c2ccc(N3CCN(C[C@@H]4CNCCO4)CC3)cc12. The molecule has 1 aromatic heterocycles. The van der Waals surface area contributed by atoms with Gasteiger partial charge in [-0.1, -0.05) is 0 Å². The number of aromatic amines is 1. The maximum Gasteiger partial charge on any atom is 0.272 e. The summed E-state index contributed by atoms with van der Waals surface area (Å²) in [5.74, 6) is 0. The highest BCUT2D eigenvalue weighted by atomic mass is 16.5. The first kappa shape index (κ1) is 16.5. The van der Waals surface area contributed by atoms with E-state index in [2.05, 4.69) is 31.4 Å². The van der Waals surface area contributed by atoms with Crippen LogP contribution in [0.3, 0.4) is 0 Å². The molecule has 0 saturated carbocycles. The lowest BCUT2D eigenvalue weighted by Gasteiger charge is -2.38. The Balaban J connectivity index is 1.43. The highest BCUT2D eigenvalue weighted by Gasteiger charge is 2.22. The van der Waals surface area contributed by atoms with Crippen LogP contribution in [-0.4, -0.2) is 73.6 Å². The molecule has 2 aliphatic rings. The minimum atomic E-state index is -0.127. The van der Waals surface area contributed by atoms with Crippen LogP contribution in [0.1, 0.15) is 5.69 Å². The Morgan fingerprint density at radius 3 is 2.84 bits per heavy atom. The summed E-state index contributed by atoms with van der Waals surface area (Å²) >= 11 is 0. The number of rotatable bonds is 3. The number of H-pyrrole nitrogens is 1. The van der Waals surface area contributed by atoms with Crippen LogP contribution in [0.15, 0.2) is 23.0 Å². The minimum Gasteiger partial charge on any atom is -0.374 e.